The summed E-state index contributed by atoms with van der Waals surface area (Å²) in [4.78, 5) is 0. The lowest BCUT2D eigenvalue weighted by atomic mass is 10.1. The summed E-state index contributed by atoms with van der Waals surface area (Å²) in [5.74, 6) is 0. The van der Waals surface area contributed by atoms with Crippen LogP contribution in [0, 0.1) is 0 Å². The Hall–Kier alpha value is -0.560. The Kier molecular flexibility index (Phi) is 0.765. The van der Waals surface area contributed by atoms with Gasteiger partial charge in [-0.25, -0.2) is 0 Å². The Balaban J connectivity index is 2.37. The van der Waals surface area contributed by atoms with E-state index in [2.05, 4.69) is 0 Å². The normalized spacial score (nSPS) is 16.5. The van der Waals surface area contributed by atoms with Crippen molar-refractivity contribution >= 4 is 0 Å². The van der Waals surface area contributed by atoms with Crippen molar-refractivity contribution in [3.05, 3.63) is 23.8 Å². The zero-order valence-electron chi connectivity index (χ0n) is 3.39. The summed E-state index contributed by atoms with van der Waals surface area (Å²) in [6.45, 7) is 0.191. The highest BCUT2D eigenvalue weighted by molar-refractivity contribution is 5.35. The highest BCUT2D eigenvalue weighted by Gasteiger charge is 1.90. The molecule has 32 valence electrons. The summed E-state index contributed by atoms with van der Waals surface area (Å²) in [7, 11) is 0. The van der Waals surface area contributed by atoms with Gasteiger partial charge in [-0.2, -0.15) is 0 Å². The molecule has 0 saturated heterocycles. The topological polar surface area (TPSA) is 20.2 Å². The summed E-state index contributed by atoms with van der Waals surface area (Å²) in [6, 6.07) is 0. The molecule has 0 heterocycles. The van der Waals surface area contributed by atoms with Gasteiger partial charge in [0.15, 0.2) is 0 Å². The third-order valence-electron chi connectivity index (χ3n) is 0.803. The van der Waals surface area contributed by atoms with Gasteiger partial charge in [-0.3, -0.25) is 0 Å². The summed E-state index contributed by atoms with van der Waals surface area (Å²) >= 11 is 0. The van der Waals surface area contributed by atoms with Crippen molar-refractivity contribution in [3.8, 4) is 0 Å². The fourth-order valence-corrected chi connectivity index (χ4v) is 0.338. The molecule has 1 rings (SSSR count). The molecule has 0 aromatic heterocycles. The zero-order valence-corrected chi connectivity index (χ0v) is 3.39. The molecule has 0 radical (unpaired) electrons. The monoisotopic (exact) mass is 82.0 g/mol. The molecule has 1 nitrogen and oxygen atoms in total. The summed E-state index contributed by atoms with van der Waals surface area (Å²) in [5, 5.41) is 8.27. The minimum Gasteiger partial charge on any atom is -0.392 e. The van der Waals surface area contributed by atoms with E-state index in [1.807, 2.05) is 18.2 Å². The van der Waals surface area contributed by atoms with Crippen LogP contribution in [0.2, 0.25) is 0 Å². The lowest BCUT2D eigenvalue weighted by Gasteiger charge is -1.98. The number of hydrogen-bond acceptors (Lipinski definition) is 1. The first-order valence-electron chi connectivity index (χ1n) is 1.91. The maximum absolute atomic E-state index is 8.27. The van der Waals surface area contributed by atoms with Crippen LogP contribution in [0.3, 0.4) is 0 Å². The van der Waals surface area contributed by atoms with Gasteiger partial charge in [-0.15, -0.1) is 0 Å². The molecule has 1 N–H and O–H groups in total. The quantitative estimate of drug-likeness (QED) is 0.487. The van der Waals surface area contributed by atoms with Gasteiger partial charge in [-0.1, -0.05) is 18.2 Å². The molecule has 0 aliphatic heterocycles. The van der Waals surface area contributed by atoms with Crippen LogP contribution in [0.4, 0.5) is 0 Å². The molecule has 0 amide bonds. The third-order valence-corrected chi connectivity index (χ3v) is 0.803. The highest BCUT2D eigenvalue weighted by atomic mass is 16.3. The molecule has 0 aromatic carbocycles. The van der Waals surface area contributed by atoms with Gasteiger partial charge < -0.3 is 5.11 Å². The number of aliphatic hydroxyl groups excluding tert-OH is 1. The molecule has 0 bridgehead atoms. The van der Waals surface area contributed by atoms with Crippen LogP contribution in [0.15, 0.2) is 23.8 Å². The lowest BCUT2D eigenvalue weighted by molar-refractivity contribution is 0.334. The molecule has 0 saturated carbocycles. The zero-order chi connectivity index (χ0) is 4.41. The minimum atomic E-state index is 0.191. The van der Waals surface area contributed by atoms with E-state index in [0.717, 1.165) is 5.57 Å². The van der Waals surface area contributed by atoms with E-state index in [1.54, 1.807) is 0 Å². The SMILES string of the molecule is OCC1=CC=C1. The van der Waals surface area contributed by atoms with Crippen LogP contribution in [0.1, 0.15) is 0 Å². The summed E-state index contributed by atoms with van der Waals surface area (Å²) < 4.78 is 0. The van der Waals surface area contributed by atoms with E-state index < -0.39 is 0 Å². The molecule has 0 fully saturated rings. The molecular formula is C5H6O. The lowest BCUT2D eigenvalue weighted by Crippen LogP contribution is -1.89. The Morgan fingerprint density at radius 2 is 2.33 bits per heavy atom. The van der Waals surface area contributed by atoms with Gasteiger partial charge in [0.2, 0.25) is 0 Å². The van der Waals surface area contributed by atoms with Crippen LogP contribution < -0.4 is 0 Å². The van der Waals surface area contributed by atoms with E-state index >= 15 is 0 Å². The first-order chi connectivity index (χ1) is 2.93. The van der Waals surface area contributed by atoms with Crippen LogP contribution >= 0.6 is 0 Å². The van der Waals surface area contributed by atoms with Crippen molar-refractivity contribution in [2.45, 2.75) is 0 Å². The van der Waals surface area contributed by atoms with E-state index in [1.165, 1.54) is 0 Å². The molecule has 0 aromatic rings. The maximum atomic E-state index is 8.27. The van der Waals surface area contributed by atoms with Gasteiger partial charge in [0.1, 0.15) is 0 Å². The van der Waals surface area contributed by atoms with Crippen LogP contribution in [0.25, 0.3) is 0 Å². The van der Waals surface area contributed by atoms with Gasteiger partial charge in [-0.05, 0) is 5.57 Å². The standard InChI is InChI=1S/C5H6O/c6-4-5-2-1-3-5/h1-3,6H,4H2. The Labute approximate surface area is 36.6 Å². The molecule has 1 aliphatic carbocycles. The van der Waals surface area contributed by atoms with Crippen LogP contribution in [0.5, 0.6) is 0 Å². The van der Waals surface area contributed by atoms with E-state index in [4.69, 9.17) is 5.11 Å². The van der Waals surface area contributed by atoms with Crippen molar-refractivity contribution in [2.75, 3.05) is 6.61 Å². The third kappa shape index (κ3) is 0.370. The summed E-state index contributed by atoms with van der Waals surface area (Å²) in [6.07, 6.45) is 5.69. The Bertz CT molecular complexity index is 101. The number of allylic oxidation sites excluding steroid dienone is 2. The maximum Gasteiger partial charge on any atom is 0.0681 e. The van der Waals surface area contributed by atoms with E-state index in [0.29, 0.717) is 0 Å². The number of hydrogen-bond donors (Lipinski definition) is 1. The Morgan fingerprint density at radius 3 is 2.33 bits per heavy atom. The van der Waals surface area contributed by atoms with Crippen LogP contribution in [-0.2, 0) is 0 Å². The summed E-state index contributed by atoms with van der Waals surface area (Å²) in [5.41, 5.74) is 1.02. The van der Waals surface area contributed by atoms with Gasteiger partial charge in [0, 0.05) is 0 Å². The second-order valence-electron chi connectivity index (χ2n) is 1.26. The van der Waals surface area contributed by atoms with Gasteiger partial charge in [0.05, 0.1) is 6.61 Å². The van der Waals surface area contributed by atoms with Crippen LogP contribution in [-0.4, -0.2) is 11.7 Å². The fraction of sp³-hybridized carbons (Fsp3) is 0.200. The van der Waals surface area contributed by atoms with Crippen molar-refractivity contribution in [2.24, 2.45) is 0 Å². The van der Waals surface area contributed by atoms with Crippen molar-refractivity contribution < 1.29 is 5.11 Å². The van der Waals surface area contributed by atoms with Crippen molar-refractivity contribution in [1.29, 1.82) is 0 Å². The smallest absolute Gasteiger partial charge is 0.0681 e. The second-order valence-corrected chi connectivity index (χ2v) is 1.26. The fourth-order valence-electron chi connectivity index (χ4n) is 0.338. The van der Waals surface area contributed by atoms with E-state index in [9.17, 15) is 0 Å². The largest absolute Gasteiger partial charge is 0.392 e. The molecule has 6 heavy (non-hydrogen) atoms. The van der Waals surface area contributed by atoms with Gasteiger partial charge in [0.25, 0.3) is 0 Å². The first kappa shape index (κ1) is 3.62. The molecule has 1 aliphatic rings. The first-order valence-corrected chi connectivity index (χ1v) is 1.91. The minimum absolute atomic E-state index is 0.191. The highest BCUT2D eigenvalue weighted by Crippen LogP contribution is 2.04. The molecule has 0 unspecified atom stereocenters. The number of aliphatic hydroxyl groups is 1. The molecular weight excluding hydrogens is 76.1 g/mol. The van der Waals surface area contributed by atoms with Crippen molar-refractivity contribution in [1.82, 2.24) is 0 Å². The molecule has 0 spiro atoms. The molecule has 0 atom stereocenters. The van der Waals surface area contributed by atoms with Gasteiger partial charge >= 0.3 is 0 Å². The predicted molar refractivity (Wildman–Crippen MR) is 24.3 cm³/mol. The molecule has 1 heteroatoms. The predicted octanol–water partition coefficient (Wildman–Crippen LogP) is 0.475. The van der Waals surface area contributed by atoms with E-state index in [-0.39, 0.29) is 6.61 Å². The average Bonchev–Trinajstić information content (AvgIpc) is 1.31. The number of rotatable bonds is 1. The average molecular weight is 82.1 g/mol. The van der Waals surface area contributed by atoms with Crippen molar-refractivity contribution in [3.63, 3.8) is 0 Å². The Morgan fingerprint density at radius 1 is 1.67 bits per heavy atom. The second kappa shape index (κ2) is 1.27.